The standard InChI is InChI=1S/C11H21NO/c1-4-6-11(3)10-13-9-8-12-7-5-2/h2,11-12H,4,6-10H2,1,3H3. The topological polar surface area (TPSA) is 21.3 Å². The van der Waals surface area contributed by atoms with Crippen LogP contribution in [-0.4, -0.2) is 26.3 Å². The van der Waals surface area contributed by atoms with Gasteiger partial charge in [-0.2, -0.15) is 0 Å². The molecule has 0 saturated heterocycles. The number of nitrogens with one attached hydrogen (secondary N) is 1. The third-order valence-corrected chi connectivity index (χ3v) is 1.83. The highest BCUT2D eigenvalue weighted by molar-refractivity contribution is 4.86. The Morgan fingerprint density at radius 2 is 2.31 bits per heavy atom. The Balaban J connectivity index is 3.03. The van der Waals surface area contributed by atoms with Crippen molar-refractivity contribution in [2.75, 3.05) is 26.3 Å². The predicted octanol–water partition coefficient (Wildman–Crippen LogP) is 1.66. The summed E-state index contributed by atoms with van der Waals surface area (Å²) in [4.78, 5) is 0. The van der Waals surface area contributed by atoms with Crippen LogP contribution in [0, 0.1) is 18.3 Å². The highest BCUT2D eigenvalue weighted by Gasteiger charge is 1.99. The largest absolute Gasteiger partial charge is 0.380 e. The van der Waals surface area contributed by atoms with Crippen LogP contribution < -0.4 is 5.32 Å². The van der Waals surface area contributed by atoms with Crippen LogP contribution in [0.25, 0.3) is 0 Å². The molecule has 0 fully saturated rings. The van der Waals surface area contributed by atoms with Gasteiger partial charge in [0.25, 0.3) is 0 Å². The molecule has 0 aromatic carbocycles. The molecule has 0 saturated carbocycles. The van der Waals surface area contributed by atoms with E-state index >= 15 is 0 Å². The van der Waals surface area contributed by atoms with Crippen molar-refractivity contribution < 1.29 is 4.74 Å². The van der Waals surface area contributed by atoms with E-state index in [4.69, 9.17) is 11.2 Å². The monoisotopic (exact) mass is 183 g/mol. The molecule has 0 bridgehead atoms. The van der Waals surface area contributed by atoms with Gasteiger partial charge in [0.15, 0.2) is 0 Å². The summed E-state index contributed by atoms with van der Waals surface area (Å²) in [5.74, 6) is 3.20. The molecule has 0 aliphatic rings. The summed E-state index contributed by atoms with van der Waals surface area (Å²) in [5, 5.41) is 3.08. The van der Waals surface area contributed by atoms with Crippen LogP contribution >= 0.6 is 0 Å². The molecule has 0 rings (SSSR count). The third-order valence-electron chi connectivity index (χ3n) is 1.83. The molecule has 0 spiro atoms. The van der Waals surface area contributed by atoms with Crippen LogP contribution in [0.1, 0.15) is 26.7 Å². The lowest BCUT2D eigenvalue weighted by Gasteiger charge is -2.10. The average Bonchev–Trinajstić information content (AvgIpc) is 2.11. The minimum atomic E-state index is 0.633. The first kappa shape index (κ1) is 12.5. The molecular formula is C11H21NO. The van der Waals surface area contributed by atoms with Gasteiger partial charge in [0.05, 0.1) is 13.2 Å². The Morgan fingerprint density at radius 3 is 2.92 bits per heavy atom. The number of ether oxygens (including phenoxy) is 1. The number of hydrogen-bond donors (Lipinski definition) is 1. The highest BCUT2D eigenvalue weighted by Crippen LogP contribution is 2.04. The molecule has 0 amide bonds. The lowest BCUT2D eigenvalue weighted by atomic mass is 10.1. The van der Waals surface area contributed by atoms with Crippen molar-refractivity contribution in [3.8, 4) is 12.3 Å². The van der Waals surface area contributed by atoms with Crippen LogP contribution in [0.4, 0.5) is 0 Å². The second-order valence-electron chi connectivity index (χ2n) is 3.35. The Morgan fingerprint density at radius 1 is 1.54 bits per heavy atom. The van der Waals surface area contributed by atoms with Gasteiger partial charge in [-0.3, -0.25) is 0 Å². The fourth-order valence-electron chi connectivity index (χ4n) is 1.17. The second-order valence-corrected chi connectivity index (χ2v) is 3.35. The molecule has 0 heterocycles. The van der Waals surface area contributed by atoms with Crippen LogP contribution in [-0.2, 0) is 4.74 Å². The SMILES string of the molecule is C#CCNCCOCC(C)CCC. The van der Waals surface area contributed by atoms with Gasteiger partial charge in [-0.1, -0.05) is 26.2 Å². The fourth-order valence-corrected chi connectivity index (χ4v) is 1.17. The summed E-state index contributed by atoms with van der Waals surface area (Å²) in [6, 6.07) is 0. The van der Waals surface area contributed by atoms with E-state index in [1.807, 2.05) is 0 Å². The third kappa shape index (κ3) is 9.39. The summed E-state index contributed by atoms with van der Waals surface area (Å²) in [7, 11) is 0. The molecule has 2 nitrogen and oxygen atoms in total. The van der Waals surface area contributed by atoms with Crippen molar-refractivity contribution in [1.29, 1.82) is 0 Å². The van der Waals surface area contributed by atoms with Gasteiger partial charge in [-0.05, 0) is 12.3 Å². The van der Waals surface area contributed by atoms with E-state index in [1.165, 1.54) is 12.8 Å². The second kappa shape index (κ2) is 9.57. The summed E-state index contributed by atoms with van der Waals surface area (Å²) < 4.78 is 5.46. The quantitative estimate of drug-likeness (QED) is 0.456. The van der Waals surface area contributed by atoms with Crippen LogP contribution in [0.5, 0.6) is 0 Å². The average molecular weight is 183 g/mol. The molecule has 1 atom stereocenters. The zero-order valence-corrected chi connectivity index (χ0v) is 8.81. The van der Waals surface area contributed by atoms with Crippen molar-refractivity contribution in [2.45, 2.75) is 26.7 Å². The Labute approximate surface area is 82.1 Å². The number of terminal acetylenes is 1. The molecule has 0 aliphatic heterocycles. The van der Waals surface area contributed by atoms with Gasteiger partial charge in [0.1, 0.15) is 0 Å². The first-order valence-corrected chi connectivity index (χ1v) is 5.03. The first-order chi connectivity index (χ1) is 6.31. The summed E-state index contributed by atoms with van der Waals surface area (Å²) in [5.41, 5.74) is 0. The van der Waals surface area contributed by atoms with Crippen LogP contribution in [0.15, 0.2) is 0 Å². The summed E-state index contributed by atoms with van der Waals surface area (Å²) in [6.45, 7) is 7.53. The van der Waals surface area contributed by atoms with Crippen molar-refractivity contribution in [1.82, 2.24) is 5.32 Å². The normalized spacial score (nSPS) is 12.4. The lowest BCUT2D eigenvalue weighted by Crippen LogP contribution is -2.21. The summed E-state index contributed by atoms with van der Waals surface area (Å²) >= 11 is 0. The van der Waals surface area contributed by atoms with Crippen molar-refractivity contribution in [3.05, 3.63) is 0 Å². The number of hydrogen-bond acceptors (Lipinski definition) is 2. The smallest absolute Gasteiger partial charge is 0.0591 e. The first-order valence-electron chi connectivity index (χ1n) is 5.03. The van der Waals surface area contributed by atoms with Crippen molar-refractivity contribution in [2.24, 2.45) is 5.92 Å². The fraction of sp³-hybridized carbons (Fsp3) is 0.818. The van der Waals surface area contributed by atoms with Gasteiger partial charge in [0.2, 0.25) is 0 Å². The molecule has 0 radical (unpaired) electrons. The van der Waals surface area contributed by atoms with E-state index in [-0.39, 0.29) is 0 Å². The van der Waals surface area contributed by atoms with E-state index in [0.717, 1.165) is 19.8 Å². The van der Waals surface area contributed by atoms with Gasteiger partial charge >= 0.3 is 0 Å². The molecular weight excluding hydrogens is 162 g/mol. The molecule has 1 unspecified atom stereocenters. The molecule has 0 aliphatic carbocycles. The molecule has 76 valence electrons. The maximum atomic E-state index is 5.46. The molecule has 0 aromatic heterocycles. The number of rotatable bonds is 8. The predicted molar refractivity (Wildman–Crippen MR) is 56.6 cm³/mol. The van der Waals surface area contributed by atoms with Crippen molar-refractivity contribution >= 4 is 0 Å². The minimum Gasteiger partial charge on any atom is -0.380 e. The maximum absolute atomic E-state index is 5.46. The maximum Gasteiger partial charge on any atom is 0.0591 e. The lowest BCUT2D eigenvalue weighted by molar-refractivity contribution is 0.104. The van der Waals surface area contributed by atoms with E-state index in [1.54, 1.807) is 0 Å². The zero-order chi connectivity index (χ0) is 9.94. The van der Waals surface area contributed by atoms with Gasteiger partial charge in [0, 0.05) is 13.2 Å². The Bertz CT molecular complexity index is 140. The van der Waals surface area contributed by atoms with Gasteiger partial charge < -0.3 is 10.1 Å². The Kier molecular flexibility index (Phi) is 9.18. The molecule has 1 N–H and O–H groups in total. The van der Waals surface area contributed by atoms with Crippen LogP contribution in [0.2, 0.25) is 0 Å². The van der Waals surface area contributed by atoms with E-state index in [0.29, 0.717) is 12.5 Å². The van der Waals surface area contributed by atoms with Gasteiger partial charge in [-0.15, -0.1) is 6.42 Å². The van der Waals surface area contributed by atoms with Crippen LogP contribution in [0.3, 0.4) is 0 Å². The van der Waals surface area contributed by atoms with E-state index in [9.17, 15) is 0 Å². The highest BCUT2D eigenvalue weighted by atomic mass is 16.5. The Hall–Kier alpha value is -0.520. The molecule has 13 heavy (non-hydrogen) atoms. The molecule has 2 heteroatoms. The minimum absolute atomic E-state index is 0.633. The molecule has 0 aromatic rings. The zero-order valence-electron chi connectivity index (χ0n) is 8.81. The van der Waals surface area contributed by atoms with E-state index < -0.39 is 0 Å². The summed E-state index contributed by atoms with van der Waals surface area (Å²) in [6.07, 6.45) is 7.56. The van der Waals surface area contributed by atoms with Crippen molar-refractivity contribution in [3.63, 3.8) is 0 Å². The van der Waals surface area contributed by atoms with E-state index in [2.05, 4.69) is 25.1 Å². The van der Waals surface area contributed by atoms with Gasteiger partial charge in [-0.25, -0.2) is 0 Å².